The first-order valence-corrected chi connectivity index (χ1v) is 6.41. The van der Waals surface area contributed by atoms with Crippen molar-refractivity contribution >= 4 is 28.3 Å². The number of aromatic amines is 1. The van der Waals surface area contributed by atoms with Crippen LogP contribution in [0.3, 0.4) is 0 Å². The van der Waals surface area contributed by atoms with E-state index in [0.717, 1.165) is 16.5 Å². The van der Waals surface area contributed by atoms with Crippen molar-refractivity contribution in [3.63, 3.8) is 0 Å². The molecular weight excluding hydrogens is 258 g/mol. The van der Waals surface area contributed by atoms with Gasteiger partial charge >= 0.3 is 0 Å². The van der Waals surface area contributed by atoms with Crippen LogP contribution in [-0.2, 0) is 0 Å². The van der Waals surface area contributed by atoms with Gasteiger partial charge in [0.2, 0.25) is 0 Å². The maximum Gasteiger partial charge on any atom is 0.195 e. The van der Waals surface area contributed by atoms with Gasteiger partial charge < -0.3 is 4.98 Å². The Kier molecular flexibility index (Phi) is 2.88. The zero-order valence-corrected chi connectivity index (χ0v) is 11.2. The van der Waals surface area contributed by atoms with Gasteiger partial charge in [0.25, 0.3) is 0 Å². The molecular formula is C16H12ClNO. The average Bonchev–Trinajstić information content (AvgIpc) is 2.81. The number of H-pyrrole nitrogens is 1. The topological polar surface area (TPSA) is 32.9 Å². The summed E-state index contributed by atoms with van der Waals surface area (Å²) in [6.07, 6.45) is 1.74. The van der Waals surface area contributed by atoms with E-state index in [1.807, 2.05) is 43.3 Å². The highest BCUT2D eigenvalue weighted by Gasteiger charge is 2.14. The summed E-state index contributed by atoms with van der Waals surface area (Å²) in [4.78, 5) is 15.6. The number of aryl methyl sites for hydroxylation is 1. The largest absolute Gasteiger partial charge is 0.360 e. The molecule has 0 radical (unpaired) electrons. The molecule has 0 atom stereocenters. The minimum absolute atomic E-state index is 0.00789. The third kappa shape index (κ3) is 2.15. The molecule has 3 rings (SSSR count). The predicted octanol–water partition coefficient (Wildman–Crippen LogP) is 4.36. The van der Waals surface area contributed by atoms with Crippen LogP contribution in [0.4, 0.5) is 0 Å². The lowest BCUT2D eigenvalue weighted by molar-refractivity contribution is 0.104. The Balaban J connectivity index is 2.11. The Morgan fingerprint density at radius 1 is 1.11 bits per heavy atom. The molecule has 0 unspecified atom stereocenters. The molecule has 0 aliphatic heterocycles. The summed E-state index contributed by atoms with van der Waals surface area (Å²) in [7, 11) is 0. The van der Waals surface area contributed by atoms with Gasteiger partial charge in [0.15, 0.2) is 5.78 Å². The zero-order chi connectivity index (χ0) is 13.4. The van der Waals surface area contributed by atoms with Crippen molar-refractivity contribution in [3.8, 4) is 0 Å². The maximum absolute atomic E-state index is 12.5. The van der Waals surface area contributed by atoms with E-state index in [-0.39, 0.29) is 5.78 Å². The first kappa shape index (κ1) is 12.0. The molecule has 3 heteroatoms. The highest BCUT2D eigenvalue weighted by Crippen LogP contribution is 2.24. The number of hydrogen-bond acceptors (Lipinski definition) is 1. The van der Waals surface area contributed by atoms with Crippen LogP contribution < -0.4 is 0 Å². The Bertz CT molecular complexity index is 756. The number of hydrogen-bond donors (Lipinski definition) is 1. The molecule has 2 nitrogen and oxygen atoms in total. The molecule has 3 aromatic rings. The number of ketones is 1. The SMILES string of the molecule is Cc1ccc(C(=O)c2c[nH]c3ccc(Cl)cc23)cc1. The fourth-order valence-corrected chi connectivity index (χ4v) is 2.31. The van der Waals surface area contributed by atoms with Gasteiger partial charge in [0, 0.05) is 33.2 Å². The van der Waals surface area contributed by atoms with Crippen LogP contribution in [0.1, 0.15) is 21.5 Å². The number of carbonyl (C=O) groups is 1. The molecule has 0 amide bonds. The van der Waals surface area contributed by atoms with Crippen molar-refractivity contribution in [2.75, 3.05) is 0 Å². The smallest absolute Gasteiger partial charge is 0.195 e. The van der Waals surface area contributed by atoms with Crippen molar-refractivity contribution in [2.24, 2.45) is 0 Å². The van der Waals surface area contributed by atoms with Crippen LogP contribution in [0.2, 0.25) is 5.02 Å². The van der Waals surface area contributed by atoms with Crippen molar-refractivity contribution in [1.29, 1.82) is 0 Å². The second-order valence-corrected chi connectivity index (χ2v) is 5.02. The molecule has 0 spiro atoms. The van der Waals surface area contributed by atoms with Gasteiger partial charge in [-0.3, -0.25) is 4.79 Å². The van der Waals surface area contributed by atoms with Crippen LogP contribution >= 0.6 is 11.6 Å². The Morgan fingerprint density at radius 2 is 1.84 bits per heavy atom. The Hall–Kier alpha value is -2.06. The van der Waals surface area contributed by atoms with Gasteiger partial charge in [0.05, 0.1) is 0 Å². The first-order valence-electron chi connectivity index (χ1n) is 6.03. The molecule has 0 aliphatic carbocycles. The van der Waals surface area contributed by atoms with Crippen LogP contribution in [0.15, 0.2) is 48.7 Å². The monoisotopic (exact) mass is 269 g/mol. The molecule has 94 valence electrons. The second-order valence-electron chi connectivity index (χ2n) is 4.59. The van der Waals surface area contributed by atoms with E-state index in [1.54, 1.807) is 12.3 Å². The Morgan fingerprint density at radius 3 is 2.58 bits per heavy atom. The fraction of sp³-hybridized carbons (Fsp3) is 0.0625. The predicted molar refractivity (Wildman–Crippen MR) is 77.9 cm³/mol. The zero-order valence-electron chi connectivity index (χ0n) is 10.4. The number of nitrogens with one attached hydrogen (secondary N) is 1. The van der Waals surface area contributed by atoms with E-state index >= 15 is 0 Å². The second kappa shape index (κ2) is 4.56. The minimum atomic E-state index is 0.00789. The molecule has 0 saturated carbocycles. The first-order chi connectivity index (χ1) is 9.15. The van der Waals surface area contributed by atoms with Gasteiger partial charge in [-0.25, -0.2) is 0 Å². The highest BCUT2D eigenvalue weighted by atomic mass is 35.5. The summed E-state index contributed by atoms with van der Waals surface area (Å²) in [5.41, 5.74) is 3.39. The van der Waals surface area contributed by atoms with Gasteiger partial charge in [0.1, 0.15) is 0 Å². The van der Waals surface area contributed by atoms with Crippen LogP contribution in [0.5, 0.6) is 0 Å². The summed E-state index contributed by atoms with van der Waals surface area (Å²) < 4.78 is 0. The number of benzene rings is 2. The number of rotatable bonds is 2. The molecule has 1 N–H and O–H groups in total. The van der Waals surface area contributed by atoms with E-state index in [4.69, 9.17) is 11.6 Å². The van der Waals surface area contributed by atoms with Crippen LogP contribution in [-0.4, -0.2) is 10.8 Å². The minimum Gasteiger partial charge on any atom is -0.360 e. The number of aromatic nitrogens is 1. The molecule has 0 fully saturated rings. The summed E-state index contributed by atoms with van der Waals surface area (Å²) in [6, 6.07) is 13.1. The standard InChI is InChI=1S/C16H12ClNO/c1-10-2-4-11(5-3-10)16(19)14-9-18-15-7-6-12(17)8-13(14)15/h2-9,18H,1H3. The molecule has 0 saturated heterocycles. The Labute approximate surface area is 116 Å². The van der Waals surface area contributed by atoms with Gasteiger partial charge in [-0.2, -0.15) is 0 Å². The maximum atomic E-state index is 12.5. The number of halogens is 1. The van der Waals surface area contributed by atoms with Crippen LogP contribution in [0, 0.1) is 6.92 Å². The van der Waals surface area contributed by atoms with E-state index in [9.17, 15) is 4.79 Å². The fourth-order valence-electron chi connectivity index (χ4n) is 2.14. The van der Waals surface area contributed by atoms with Crippen molar-refractivity contribution < 1.29 is 4.79 Å². The quantitative estimate of drug-likeness (QED) is 0.689. The molecule has 0 bridgehead atoms. The van der Waals surface area contributed by atoms with E-state index < -0.39 is 0 Å². The van der Waals surface area contributed by atoms with E-state index in [1.165, 1.54) is 0 Å². The number of fused-ring (bicyclic) bond motifs is 1. The molecule has 1 aromatic heterocycles. The molecule has 19 heavy (non-hydrogen) atoms. The van der Waals surface area contributed by atoms with Gasteiger partial charge in [-0.05, 0) is 25.1 Å². The molecule has 1 heterocycles. The molecule has 2 aromatic carbocycles. The lowest BCUT2D eigenvalue weighted by atomic mass is 10.0. The summed E-state index contributed by atoms with van der Waals surface area (Å²) >= 11 is 5.99. The van der Waals surface area contributed by atoms with Crippen molar-refractivity contribution in [2.45, 2.75) is 6.92 Å². The third-order valence-electron chi connectivity index (χ3n) is 3.20. The lowest BCUT2D eigenvalue weighted by Gasteiger charge is -2.01. The number of carbonyl (C=O) groups excluding carboxylic acids is 1. The average molecular weight is 270 g/mol. The van der Waals surface area contributed by atoms with Gasteiger partial charge in [-0.1, -0.05) is 41.4 Å². The highest BCUT2D eigenvalue weighted by molar-refractivity contribution is 6.31. The summed E-state index contributed by atoms with van der Waals surface area (Å²) in [5.74, 6) is 0.00789. The van der Waals surface area contributed by atoms with Crippen molar-refractivity contribution in [3.05, 3.63) is 70.4 Å². The van der Waals surface area contributed by atoms with Crippen molar-refractivity contribution in [1.82, 2.24) is 4.98 Å². The third-order valence-corrected chi connectivity index (χ3v) is 3.44. The van der Waals surface area contributed by atoms with E-state index in [0.29, 0.717) is 16.1 Å². The van der Waals surface area contributed by atoms with E-state index in [2.05, 4.69) is 4.98 Å². The van der Waals surface area contributed by atoms with Crippen LogP contribution in [0.25, 0.3) is 10.9 Å². The molecule has 0 aliphatic rings. The lowest BCUT2D eigenvalue weighted by Crippen LogP contribution is -2.00. The normalized spacial score (nSPS) is 10.8. The summed E-state index contributed by atoms with van der Waals surface area (Å²) in [6.45, 7) is 2.00. The summed E-state index contributed by atoms with van der Waals surface area (Å²) in [5, 5.41) is 1.49. The van der Waals surface area contributed by atoms with Gasteiger partial charge in [-0.15, -0.1) is 0 Å².